The molecule has 10 heteroatoms. The van der Waals surface area contributed by atoms with Gasteiger partial charge in [0.2, 0.25) is 5.95 Å². The maximum Gasteiger partial charge on any atom is 0.257 e. The first kappa shape index (κ1) is 23.0. The van der Waals surface area contributed by atoms with Crippen LogP contribution in [0.2, 0.25) is 0 Å². The zero-order valence-corrected chi connectivity index (χ0v) is 19.8. The van der Waals surface area contributed by atoms with E-state index in [0.29, 0.717) is 45.9 Å². The van der Waals surface area contributed by atoms with Gasteiger partial charge in [-0.15, -0.1) is 5.10 Å². The third-order valence-electron chi connectivity index (χ3n) is 5.83. The van der Waals surface area contributed by atoms with Gasteiger partial charge < -0.3 is 20.1 Å². The first-order valence-electron chi connectivity index (χ1n) is 11.1. The molecular formula is C26H23FN6O3. The lowest BCUT2D eigenvalue weighted by Gasteiger charge is -2.29. The van der Waals surface area contributed by atoms with Crippen LogP contribution in [-0.2, 0) is 4.79 Å². The normalized spacial score (nSPS) is 14.6. The summed E-state index contributed by atoms with van der Waals surface area (Å²) < 4.78 is 26.0. The Bertz CT molecular complexity index is 1450. The monoisotopic (exact) mass is 486 g/mol. The number of halogens is 1. The number of hydrogen-bond donors (Lipinski definition) is 2. The van der Waals surface area contributed by atoms with E-state index in [2.05, 4.69) is 20.6 Å². The number of fused-ring (bicyclic) bond motifs is 1. The molecule has 0 aliphatic carbocycles. The molecule has 2 N–H and O–H groups in total. The minimum absolute atomic E-state index is 0.344. The summed E-state index contributed by atoms with van der Waals surface area (Å²) in [6, 6.07) is 16.0. The number of aromatic nitrogens is 4. The van der Waals surface area contributed by atoms with Crippen LogP contribution >= 0.6 is 0 Å². The number of anilines is 2. The number of pyridine rings is 1. The summed E-state index contributed by atoms with van der Waals surface area (Å²) in [6.07, 6.45) is 1.60. The van der Waals surface area contributed by atoms with Gasteiger partial charge >= 0.3 is 0 Å². The summed E-state index contributed by atoms with van der Waals surface area (Å²) in [7, 11) is 3.11. The Morgan fingerprint density at radius 2 is 1.83 bits per heavy atom. The lowest BCUT2D eigenvalue weighted by Crippen LogP contribution is -2.31. The molecule has 1 atom stereocenters. The molecule has 1 amide bonds. The van der Waals surface area contributed by atoms with Crippen molar-refractivity contribution in [2.45, 2.75) is 13.0 Å². The van der Waals surface area contributed by atoms with Crippen molar-refractivity contribution < 1.29 is 18.7 Å². The fourth-order valence-electron chi connectivity index (χ4n) is 4.12. The van der Waals surface area contributed by atoms with Crippen molar-refractivity contribution in [1.29, 1.82) is 0 Å². The van der Waals surface area contributed by atoms with Gasteiger partial charge in [-0.3, -0.25) is 4.79 Å². The molecule has 2 aromatic heterocycles. The summed E-state index contributed by atoms with van der Waals surface area (Å²) >= 11 is 0. The second-order valence-corrected chi connectivity index (χ2v) is 8.06. The zero-order valence-electron chi connectivity index (χ0n) is 19.8. The summed E-state index contributed by atoms with van der Waals surface area (Å²) in [5, 5.41) is 10.7. The predicted octanol–water partition coefficient (Wildman–Crippen LogP) is 4.42. The number of ether oxygens (including phenoxy) is 2. The Kier molecular flexibility index (Phi) is 6.07. The topological polar surface area (TPSA) is 103 Å². The molecular weight excluding hydrogens is 463 g/mol. The van der Waals surface area contributed by atoms with Crippen LogP contribution in [0, 0.1) is 5.82 Å². The van der Waals surface area contributed by atoms with Crippen molar-refractivity contribution >= 4 is 17.7 Å². The van der Waals surface area contributed by atoms with Gasteiger partial charge in [-0.25, -0.2) is 14.1 Å². The Morgan fingerprint density at radius 1 is 1.06 bits per heavy atom. The lowest BCUT2D eigenvalue weighted by atomic mass is 9.94. The molecule has 0 fully saturated rings. The molecule has 5 rings (SSSR count). The van der Waals surface area contributed by atoms with Gasteiger partial charge in [-0.2, -0.15) is 4.98 Å². The number of carbonyl (C=O) groups is 1. The number of nitrogens with zero attached hydrogens (tertiary/aromatic N) is 4. The van der Waals surface area contributed by atoms with E-state index < -0.39 is 6.04 Å². The van der Waals surface area contributed by atoms with E-state index in [1.165, 1.54) is 12.1 Å². The molecule has 3 heterocycles. The van der Waals surface area contributed by atoms with Gasteiger partial charge in [0, 0.05) is 17.5 Å². The van der Waals surface area contributed by atoms with Gasteiger partial charge in [-0.1, -0.05) is 12.1 Å². The fraction of sp³-hybridized carbons (Fsp3) is 0.154. The van der Waals surface area contributed by atoms with E-state index in [1.54, 1.807) is 74.5 Å². The number of carbonyl (C=O) groups excluding carboxylic acids is 1. The van der Waals surface area contributed by atoms with Crippen molar-refractivity contribution in [2.24, 2.45) is 0 Å². The highest BCUT2D eigenvalue weighted by atomic mass is 19.1. The van der Waals surface area contributed by atoms with Crippen LogP contribution in [0.3, 0.4) is 0 Å². The SMILES string of the molecule is COc1ccc(C2C(C(=O)Nc3ccccn3)=C(C)Nc3nc(-c4ccc(F)cc4)nn32)cc1OC. The second kappa shape index (κ2) is 9.49. The van der Waals surface area contributed by atoms with Crippen LogP contribution in [0.25, 0.3) is 11.4 Å². The molecule has 182 valence electrons. The van der Waals surface area contributed by atoms with Gasteiger partial charge in [0.05, 0.1) is 19.8 Å². The Morgan fingerprint density at radius 3 is 2.53 bits per heavy atom. The smallest absolute Gasteiger partial charge is 0.257 e. The van der Waals surface area contributed by atoms with Gasteiger partial charge in [-0.05, 0) is 61.0 Å². The molecule has 1 aliphatic heterocycles. The first-order chi connectivity index (χ1) is 17.5. The van der Waals surface area contributed by atoms with E-state index in [0.717, 1.165) is 5.56 Å². The highest BCUT2D eigenvalue weighted by Gasteiger charge is 2.35. The van der Waals surface area contributed by atoms with Crippen LogP contribution in [0.15, 0.2) is 78.1 Å². The Hall–Kier alpha value is -4.73. The maximum atomic E-state index is 13.6. The highest BCUT2D eigenvalue weighted by molar-refractivity contribution is 6.05. The van der Waals surface area contributed by atoms with Gasteiger partial charge in [0.25, 0.3) is 5.91 Å². The minimum Gasteiger partial charge on any atom is -0.493 e. The predicted molar refractivity (Wildman–Crippen MR) is 132 cm³/mol. The average molecular weight is 487 g/mol. The fourth-order valence-corrected chi connectivity index (χ4v) is 4.12. The molecule has 4 aromatic rings. The van der Waals surface area contributed by atoms with E-state index >= 15 is 0 Å². The number of rotatable bonds is 6. The van der Waals surface area contributed by atoms with Crippen LogP contribution in [0.1, 0.15) is 18.5 Å². The van der Waals surface area contributed by atoms with E-state index in [1.807, 2.05) is 6.07 Å². The van der Waals surface area contributed by atoms with Crippen LogP contribution in [-0.4, -0.2) is 39.9 Å². The third kappa shape index (κ3) is 4.24. The second-order valence-electron chi connectivity index (χ2n) is 8.06. The van der Waals surface area contributed by atoms with E-state index in [9.17, 15) is 9.18 Å². The molecule has 0 saturated heterocycles. The van der Waals surface area contributed by atoms with Crippen molar-refractivity contribution in [1.82, 2.24) is 19.7 Å². The molecule has 0 radical (unpaired) electrons. The molecule has 9 nitrogen and oxygen atoms in total. The molecule has 1 unspecified atom stereocenters. The third-order valence-corrected chi connectivity index (χ3v) is 5.83. The number of amides is 1. The van der Waals surface area contributed by atoms with Crippen LogP contribution in [0.4, 0.5) is 16.2 Å². The highest BCUT2D eigenvalue weighted by Crippen LogP contribution is 2.39. The minimum atomic E-state index is -0.647. The summed E-state index contributed by atoms with van der Waals surface area (Å²) in [5.41, 5.74) is 2.41. The lowest BCUT2D eigenvalue weighted by molar-refractivity contribution is -0.113. The van der Waals surface area contributed by atoms with E-state index in [4.69, 9.17) is 14.6 Å². The summed E-state index contributed by atoms with van der Waals surface area (Å²) in [6.45, 7) is 1.80. The summed E-state index contributed by atoms with van der Waals surface area (Å²) in [5.74, 6) is 1.63. The maximum absolute atomic E-state index is 13.6. The quantitative estimate of drug-likeness (QED) is 0.416. The molecule has 36 heavy (non-hydrogen) atoms. The Labute approximate surface area is 206 Å². The standard InChI is InChI=1S/C26H23FN6O3/c1-15-22(25(34)30-21-6-4-5-13-28-21)23(17-9-12-19(35-2)20(14-17)36-3)33-26(29-15)31-24(32-33)16-7-10-18(27)11-8-16/h4-14,23H,1-3H3,(H,28,30,34)(H,29,31,32). The number of nitrogens with one attached hydrogen (secondary N) is 2. The number of allylic oxidation sites excluding steroid dienone is 1. The van der Waals surface area contributed by atoms with E-state index in [-0.39, 0.29) is 11.7 Å². The Balaban J connectivity index is 1.63. The molecule has 0 bridgehead atoms. The van der Waals surface area contributed by atoms with Gasteiger partial charge in [0.1, 0.15) is 17.7 Å². The van der Waals surface area contributed by atoms with Crippen LogP contribution in [0.5, 0.6) is 11.5 Å². The van der Waals surface area contributed by atoms with Crippen LogP contribution < -0.4 is 20.1 Å². The largest absolute Gasteiger partial charge is 0.493 e. The number of hydrogen-bond acceptors (Lipinski definition) is 7. The van der Waals surface area contributed by atoms with Gasteiger partial charge in [0.15, 0.2) is 17.3 Å². The summed E-state index contributed by atoms with van der Waals surface area (Å²) in [4.78, 5) is 22.4. The van der Waals surface area contributed by atoms with Crippen molar-refractivity contribution in [3.05, 3.63) is 89.5 Å². The number of benzene rings is 2. The molecule has 2 aromatic carbocycles. The van der Waals surface area contributed by atoms with Crippen molar-refractivity contribution in [3.63, 3.8) is 0 Å². The van der Waals surface area contributed by atoms with Crippen molar-refractivity contribution in [3.8, 4) is 22.9 Å². The zero-order chi connectivity index (χ0) is 25.2. The number of methoxy groups -OCH3 is 2. The molecule has 1 aliphatic rings. The molecule has 0 saturated carbocycles. The molecule has 0 spiro atoms. The first-order valence-corrected chi connectivity index (χ1v) is 11.1. The van der Waals surface area contributed by atoms with Crippen molar-refractivity contribution in [2.75, 3.05) is 24.9 Å². The average Bonchev–Trinajstić information content (AvgIpc) is 3.31.